The average molecular weight is 582 g/mol. The van der Waals surface area contributed by atoms with E-state index in [1.165, 1.54) is 9.80 Å². The summed E-state index contributed by atoms with van der Waals surface area (Å²) in [6.07, 6.45) is -0.233. The van der Waals surface area contributed by atoms with E-state index in [2.05, 4.69) is 10.3 Å². The summed E-state index contributed by atoms with van der Waals surface area (Å²) in [7, 11) is 1.65. The van der Waals surface area contributed by atoms with E-state index < -0.39 is 35.5 Å². The van der Waals surface area contributed by atoms with Gasteiger partial charge in [-0.25, -0.2) is 14.8 Å². The zero-order valence-corrected chi connectivity index (χ0v) is 24.5. The third-order valence-electron chi connectivity index (χ3n) is 7.22. The van der Waals surface area contributed by atoms with Crippen molar-refractivity contribution in [2.45, 2.75) is 57.6 Å². The number of carboxylic acid groups (broad SMARTS) is 1. The molecule has 12 heteroatoms. The fraction of sp³-hybridized carbons (Fsp3) is 0.533. The van der Waals surface area contributed by atoms with Crippen LogP contribution in [0.2, 0.25) is 0 Å². The second-order valence-corrected chi connectivity index (χ2v) is 11.7. The highest BCUT2D eigenvalue weighted by atomic mass is 16.6. The van der Waals surface area contributed by atoms with Gasteiger partial charge in [0.1, 0.15) is 17.3 Å². The number of carbonyl (C=O) groups excluding carboxylic acids is 3. The minimum atomic E-state index is -1.05. The van der Waals surface area contributed by atoms with Gasteiger partial charge >= 0.3 is 12.1 Å². The number of ether oxygens (including phenoxy) is 2. The quantitative estimate of drug-likeness (QED) is 0.404. The third kappa shape index (κ3) is 8.25. The normalized spacial score (nSPS) is 19.1. The van der Waals surface area contributed by atoms with Crippen LogP contribution in [0, 0.1) is 5.92 Å². The fourth-order valence-corrected chi connectivity index (χ4v) is 4.98. The topological polar surface area (TPSA) is 151 Å². The van der Waals surface area contributed by atoms with Crippen molar-refractivity contribution in [3.05, 3.63) is 47.8 Å². The molecule has 1 aromatic carbocycles. The van der Waals surface area contributed by atoms with Crippen LogP contribution in [0.5, 0.6) is 0 Å². The number of aromatic nitrogens is 2. The molecule has 0 radical (unpaired) electrons. The van der Waals surface area contributed by atoms with Gasteiger partial charge in [0, 0.05) is 63.5 Å². The van der Waals surface area contributed by atoms with Crippen LogP contribution < -0.4 is 5.32 Å². The molecule has 2 heterocycles. The second-order valence-electron chi connectivity index (χ2n) is 11.7. The van der Waals surface area contributed by atoms with Gasteiger partial charge in [0.2, 0.25) is 5.91 Å². The summed E-state index contributed by atoms with van der Waals surface area (Å²) in [5.41, 5.74) is 0.915. The lowest BCUT2D eigenvalue weighted by molar-refractivity contribution is -0.155. The Hall–Kier alpha value is -4.06. The number of piperazine rings is 1. The van der Waals surface area contributed by atoms with Crippen molar-refractivity contribution in [2.24, 2.45) is 5.92 Å². The van der Waals surface area contributed by atoms with Gasteiger partial charge in [-0.15, -0.1) is 0 Å². The van der Waals surface area contributed by atoms with E-state index in [9.17, 15) is 24.3 Å². The number of carbonyl (C=O) groups is 4. The summed E-state index contributed by atoms with van der Waals surface area (Å²) in [5, 5.41) is 12.1. The van der Waals surface area contributed by atoms with Gasteiger partial charge in [-0.1, -0.05) is 30.3 Å². The molecule has 0 bridgehead atoms. The maximum atomic E-state index is 13.6. The van der Waals surface area contributed by atoms with Gasteiger partial charge in [0.15, 0.2) is 5.82 Å². The molecule has 1 aliphatic carbocycles. The van der Waals surface area contributed by atoms with E-state index in [4.69, 9.17) is 14.5 Å². The molecular formula is C30H39N5O7. The Labute approximate surface area is 245 Å². The predicted octanol–water partition coefficient (Wildman–Crippen LogP) is 2.94. The van der Waals surface area contributed by atoms with E-state index in [0.717, 1.165) is 17.7 Å². The minimum absolute atomic E-state index is 0.0145. The maximum absolute atomic E-state index is 13.6. The van der Waals surface area contributed by atoms with Crippen molar-refractivity contribution in [3.63, 3.8) is 0 Å². The van der Waals surface area contributed by atoms with Crippen LogP contribution in [0.4, 0.5) is 4.79 Å². The van der Waals surface area contributed by atoms with Crippen LogP contribution >= 0.6 is 0 Å². The van der Waals surface area contributed by atoms with Crippen LogP contribution in [0.25, 0.3) is 11.4 Å². The number of nitrogens with one attached hydrogen (secondary N) is 1. The highest BCUT2D eigenvalue weighted by Crippen LogP contribution is 2.47. The zero-order chi connectivity index (χ0) is 30.4. The number of hydrogen-bond acceptors (Lipinski definition) is 8. The smallest absolute Gasteiger partial charge is 0.407 e. The minimum Gasteiger partial charge on any atom is -0.465 e. The summed E-state index contributed by atoms with van der Waals surface area (Å²) in [6.45, 7) is 6.54. The second kappa shape index (κ2) is 13.3. The molecule has 226 valence electrons. The van der Waals surface area contributed by atoms with Crippen molar-refractivity contribution in [2.75, 3.05) is 39.9 Å². The number of esters is 1. The molecule has 1 saturated carbocycles. The summed E-state index contributed by atoms with van der Waals surface area (Å²) >= 11 is 0. The molecule has 0 spiro atoms. The Morgan fingerprint density at radius 1 is 1.05 bits per heavy atom. The van der Waals surface area contributed by atoms with Crippen LogP contribution in [-0.4, -0.2) is 100 Å². The summed E-state index contributed by atoms with van der Waals surface area (Å²) in [4.78, 5) is 63.1. The molecule has 1 aliphatic heterocycles. The first kappa shape index (κ1) is 30.9. The van der Waals surface area contributed by atoms with Crippen molar-refractivity contribution in [1.29, 1.82) is 0 Å². The first-order valence-corrected chi connectivity index (χ1v) is 14.2. The zero-order valence-electron chi connectivity index (χ0n) is 24.5. The number of hydrogen-bond donors (Lipinski definition) is 2. The molecule has 2 aliphatic rings. The molecule has 2 N–H and O–H groups in total. The molecule has 0 unspecified atom stereocenters. The van der Waals surface area contributed by atoms with E-state index >= 15 is 0 Å². The largest absolute Gasteiger partial charge is 0.465 e. The third-order valence-corrected chi connectivity index (χ3v) is 7.22. The molecule has 3 atom stereocenters. The SMILES string of the molecule is COC[C@@H]1C[C@H]1c1cc(C(=O)N[C@@H](CCC(=O)OC(C)(C)C)C(=O)N2CCN(C(=O)O)CC2)nc(-c2ccccc2)n1. The molecule has 42 heavy (non-hydrogen) atoms. The van der Waals surface area contributed by atoms with Gasteiger partial charge < -0.3 is 29.7 Å². The van der Waals surface area contributed by atoms with E-state index in [1.54, 1.807) is 33.9 Å². The van der Waals surface area contributed by atoms with Gasteiger partial charge in [-0.05, 0) is 45.6 Å². The number of nitrogens with zero attached hydrogens (tertiary/aromatic N) is 4. The number of amides is 3. The van der Waals surface area contributed by atoms with Crippen LogP contribution in [0.3, 0.4) is 0 Å². The van der Waals surface area contributed by atoms with E-state index in [1.807, 2.05) is 30.3 Å². The monoisotopic (exact) mass is 581 g/mol. The molecular weight excluding hydrogens is 542 g/mol. The van der Waals surface area contributed by atoms with Crippen LogP contribution in [0.1, 0.15) is 62.1 Å². The predicted molar refractivity (Wildman–Crippen MR) is 153 cm³/mol. The van der Waals surface area contributed by atoms with Crippen LogP contribution in [-0.2, 0) is 19.1 Å². The molecule has 1 aromatic heterocycles. The summed E-state index contributed by atoms with van der Waals surface area (Å²) in [5.74, 6) is -0.598. The molecule has 1 saturated heterocycles. The first-order chi connectivity index (χ1) is 19.9. The van der Waals surface area contributed by atoms with Crippen molar-refractivity contribution >= 4 is 23.9 Å². The van der Waals surface area contributed by atoms with Crippen molar-refractivity contribution < 1.29 is 33.8 Å². The summed E-state index contributed by atoms with van der Waals surface area (Å²) < 4.78 is 10.7. The molecule has 4 rings (SSSR count). The van der Waals surface area contributed by atoms with Crippen molar-refractivity contribution in [1.82, 2.24) is 25.1 Å². The number of rotatable bonds is 10. The number of benzene rings is 1. The molecule has 2 fully saturated rings. The lowest BCUT2D eigenvalue weighted by Crippen LogP contribution is -2.55. The Morgan fingerprint density at radius 3 is 2.33 bits per heavy atom. The molecule has 3 amide bonds. The fourth-order valence-electron chi connectivity index (χ4n) is 4.98. The van der Waals surface area contributed by atoms with E-state index in [0.29, 0.717) is 18.3 Å². The van der Waals surface area contributed by atoms with E-state index in [-0.39, 0.29) is 50.6 Å². The average Bonchev–Trinajstić information content (AvgIpc) is 3.73. The Morgan fingerprint density at radius 2 is 1.71 bits per heavy atom. The van der Waals surface area contributed by atoms with Crippen molar-refractivity contribution in [3.8, 4) is 11.4 Å². The lowest BCUT2D eigenvalue weighted by atomic mass is 10.1. The number of methoxy groups -OCH3 is 1. The van der Waals surface area contributed by atoms with Gasteiger partial charge in [0.25, 0.3) is 5.91 Å². The maximum Gasteiger partial charge on any atom is 0.407 e. The summed E-state index contributed by atoms with van der Waals surface area (Å²) in [6, 6.07) is 9.96. The van der Waals surface area contributed by atoms with Gasteiger partial charge in [-0.3, -0.25) is 14.4 Å². The standard InChI is InChI=1S/C30H39N5O7/c1-30(2,3)42-25(36)11-10-22(28(38)34-12-14-35(15-13-34)29(39)40)33-27(37)24-17-23(21-16-20(21)18-41-4)31-26(32-24)19-8-6-5-7-9-19/h5-9,17,20-22H,10-16,18H2,1-4H3,(H,33,37)(H,39,40)/t20-,21+,22-/m0/s1. The Bertz CT molecular complexity index is 1290. The molecule has 2 aromatic rings. The Balaban J connectivity index is 1.56. The highest BCUT2D eigenvalue weighted by molar-refractivity contribution is 5.96. The first-order valence-electron chi connectivity index (χ1n) is 14.2. The van der Waals surface area contributed by atoms with Gasteiger partial charge in [-0.2, -0.15) is 0 Å². The molecule has 12 nitrogen and oxygen atoms in total. The highest BCUT2D eigenvalue weighted by Gasteiger charge is 2.40. The lowest BCUT2D eigenvalue weighted by Gasteiger charge is -2.35. The van der Waals surface area contributed by atoms with Gasteiger partial charge in [0.05, 0.1) is 0 Å². The van der Waals surface area contributed by atoms with Crippen LogP contribution in [0.15, 0.2) is 36.4 Å². The Kier molecular flexibility index (Phi) is 9.77.